The van der Waals surface area contributed by atoms with Gasteiger partial charge in [0.05, 0.1) is 24.7 Å². The van der Waals surface area contributed by atoms with Gasteiger partial charge in [0.15, 0.2) is 0 Å². The normalized spacial score (nSPS) is 7.79. The first-order valence-corrected chi connectivity index (χ1v) is 11.0. The highest BCUT2D eigenvalue weighted by Gasteiger charge is 2.14. The lowest BCUT2D eigenvalue weighted by Crippen LogP contribution is -2.12. The third kappa shape index (κ3) is 47.5. The van der Waals surface area contributed by atoms with Crippen LogP contribution in [0.25, 0.3) is 0 Å². The van der Waals surface area contributed by atoms with Crippen LogP contribution in [0.15, 0.2) is 29.2 Å². The van der Waals surface area contributed by atoms with Crippen LogP contribution < -0.4 is 11.5 Å². The van der Waals surface area contributed by atoms with Crippen LogP contribution in [0.5, 0.6) is 0 Å². The summed E-state index contributed by atoms with van der Waals surface area (Å²) in [5.41, 5.74) is 11.4. The third-order valence-corrected chi connectivity index (χ3v) is 4.50. The lowest BCUT2D eigenvalue weighted by Gasteiger charge is -2.06. The topological polar surface area (TPSA) is 148 Å². The fourth-order valence-electron chi connectivity index (χ4n) is 1.69. The van der Waals surface area contributed by atoms with E-state index in [1.807, 2.05) is 20.5 Å². The van der Waals surface area contributed by atoms with Crippen molar-refractivity contribution in [2.75, 3.05) is 46.1 Å². The summed E-state index contributed by atoms with van der Waals surface area (Å²) in [7, 11) is -3.65. The molecule has 38 heavy (non-hydrogen) atoms. The Balaban J connectivity index is -0.0000000357. The average molecular weight is 579 g/mol. The molecule has 0 aromatic heterocycles. The molecule has 10 heteroatoms. The van der Waals surface area contributed by atoms with Gasteiger partial charge in [-0.3, -0.25) is 4.18 Å². The number of nitrogens with two attached hydrogens (primary N) is 2. The molecule has 0 aliphatic heterocycles. The Morgan fingerprint density at radius 2 is 1.08 bits per heavy atom. The first kappa shape index (κ1) is 70.7. The third-order valence-electron chi connectivity index (χ3n) is 3.17. The van der Waals surface area contributed by atoms with Gasteiger partial charge in [0.25, 0.3) is 10.1 Å². The first-order chi connectivity index (χ1) is 14.5. The molecule has 1 aromatic carbocycles. The fourth-order valence-corrected chi connectivity index (χ4v) is 2.59. The maximum Gasteiger partial charge on any atom is 0.297 e. The molecule has 0 aliphatic rings. The summed E-state index contributed by atoms with van der Waals surface area (Å²) in [5.74, 6) is 0. The highest BCUT2D eigenvalue weighted by atomic mass is 32.2. The highest BCUT2D eigenvalue weighted by molar-refractivity contribution is 7.86. The lowest BCUT2D eigenvalue weighted by molar-refractivity contribution is -0.0987. The van der Waals surface area contributed by atoms with E-state index >= 15 is 0 Å². The van der Waals surface area contributed by atoms with Crippen molar-refractivity contribution >= 4 is 23.7 Å². The first-order valence-electron chi connectivity index (χ1n) is 9.57. The Kier molecular flexibility index (Phi) is 104. The summed E-state index contributed by atoms with van der Waals surface area (Å²) in [5, 5.41) is 0. The number of benzene rings is 1. The molecule has 0 bridgehead atoms. The molecule has 0 spiro atoms. The number of aryl methyl sites for hydroxylation is 1. The Morgan fingerprint density at radius 3 is 1.47 bits per heavy atom. The summed E-state index contributed by atoms with van der Waals surface area (Å²) in [4.78, 5) is 16.2. The number of ether oxygens (including phenoxy) is 2. The molecule has 4 N–H and O–H groups in total. The maximum atomic E-state index is 11.8. The van der Waals surface area contributed by atoms with E-state index in [1.54, 1.807) is 24.3 Å². The minimum absolute atomic E-state index is 0. The molecule has 0 unspecified atom stereocenters. The zero-order valence-electron chi connectivity index (χ0n) is 18.2. The van der Waals surface area contributed by atoms with E-state index in [0.717, 1.165) is 31.4 Å². The van der Waals surface area contributed by atoms with E-state index in [-0.39, 0.29) is 70.9 Å². The molecule has 0 aliphatic carbocycles. The van der Waals surface area contributed by atoms with Gasteiger partial charge < -0.3 is 30.5 Å². The molecule has 1 rings (SSSR count). The largest absolute Gasteiger partial charge is 0.380 e. The number of rotatable bonds is 13. The molecular weight excluding hydrogens is 508 g/mol. The lowest BCUT2D eigenvalue weighted by atomic mass is 10.2. The summed E-state index contributed by atoms with van der Waals surface area (Å²) < 4.78 is 38.6. The second-order valence-electron chi connectivity index (χ2n) is 5.60. The van der Waals surface area contributed by atoms with Crippen LogP contribution in [0.1, 0.15) is 91.2 Å². The SMILES string of the molecule is C.C.C.C.C.C.C.C.C=O.C=O.CCCCOCCOS(=O)(=O)c1ccc(C)cc1.NCCCOCCN. The second kappa shape index (κ2) is 55.7. The molecule has 240 valence electrons. The molecule has 0 atom stereocenters. The number of hydrogen-bond acceptors (Lipinski definition) is 9. The summed E-state index contributed by atoms with van der Waals surface area (Å²) in [6.07, 6.45) is 2.97. The average Bonchev–Trinajstić information content (AvgIpc) is 2.77. The zero-order chi connectivity index (χ0) is 23.7. The minimum Gasteiger partial charge on any atom is -0.380 e. The van der Waals surface area contributed by atoms with Crippen LogP contribution >= 0.6 is 0 Å². The predicted molar refractivity (Wildman–Crippen MR) is 172 cm³/mol. The Hall–Kier alpha value is -1.69. The quantitative estimate of drug-likeness (QED) is 0.196. The van der Waals surface area contributed by atoms with Crippen molar-refractivity contribution < 1.29 is 31.7 Å². The Labute approximate surface area is 240 Å². The van der Waals surface area contributed by atoms with Crippen molar-refractivity contribution in [1.29, 1.82) is 0 Å². The van der Waals surface area contributed by atoms with Crippen LogP contribution in [-0.2, 0) is 33.4 Å². The van der Waals surface area contributed by atoms with Crippen LogP contribution in [0, 0.1) is 6.92 Å². The van der Waals surface area contributed by atoms with E-state index in [9.17, 15) is 8.42 Å². The van der Waals surface area contributed by atoms with Gasteiger partial charge >= 0.3 is 0 Å². The molecule has 1 aromatic rings. The number of unbranched alkanes of at least 4 members (excludes halogenated alkanes) is 1. The summed E-state index contributed by atoms with van der Waals surface area (Å²) >= 11 is 0. The zero-order valence-corrected chi connectivity index (χ0v) is 19.0. The molecule has 0 amide bonds. The molecule has 0 saturated carbocycles. The highest BCUT2D eigenvalue weighted by Crippen LogP contribution is 2.12. The van der Waals surface area contributed by atoms with Gasteiger partial charge in [-0.2, -0.15) is 8.42 Å². The van der Waals surface area contributed by atoms with Gasteiger partial charge in [0.1, 0.15) is 13.6 Å². The van der Waals surface area contributed by atoms with E-state index in [1.165, 1.54) is 0 Å². The van der Waals surface area contributed by atoms with E-state index in [0.29, 0.717) is 32.9 Å². The van der Waals surface area contributed by atoms with Crippen LogP contribution in [0.2, 0.25) is 0 Å². The van der Waals surface area contributed by atoms with Gasteiger partial charge in [-0.15, -0.1) is 0 Å². The van der Waals surface area contributed by atoms with Gasteiger partial charge in [0.2, 0.25) is 0 Å². The van der Waals surface area contributed by atoms with Gasteiger partial charge in [-0.05, 0) is 38.4 Å². The smallest absolute Gasteiger partial charge is 0.297 e. The van der Waals surface area contributed by atoms with E-state index in [2.05, 4.69) is 6.92 Å². The van der Waals surface area contributed by atoms with Crippen molar-refractivity contribution in [2.45, 2.75) is 97.4 Å². The van der Waals surface area contributed by atoms with E-state index in [4.69, 9.17) is 34.7 Å². The van der Waals surface area contributed by atoms with Gasteiger partial charge in [0, 0.05) is 19.8 Å². The van der Waals surface area contributed by atoms with Gasteiger partial charge in [-0.1, -0.05) is 90.5 Å². The second-order valence-corrected chi connectivity index (χ2v) is 7.21. The van der Waals surface area contributed by atoms with Crippen LogP contribution in [-0.4, -0.2) is 68.1 Å². The van der Waals surface area contributed by atoms with Crippen LogP contribution in [0.4, 0.5) is 0 Å². The summed E-state index contributed by atoms with van der Waals surface area (Å²) in [6.45, 7) is 11.7. The molecule has 0 radical (unpaired) electrons. The molecule has 0 heterocycles. The van der Waals surface area contributed by atoms with Crippen molar-refractivity contribution in [1.82, 2.24) is 0 Å². The fraction of sp³-hybridized carbons (Fsp3) is 0.714. The monoisotopic (exact) mass is 578 g/mol. The Morgan fingerprint density at radius 1 is 0.658 bits per heavy atom. The van der Waals surface area contributed by atoms with Gasteiger partial charge in [-0.25, -0.2) is 0 Å². The maximum absolute atomic E-state index is 11.8. The number of carbonyl (C=O) groups excluding carboxylic acids is 2. The number of carbonyl (C=O) groups is 2. The predicted octanol–water partition coefficient (Wildman–Crippen LogP) is 6.55. The number of hydrogen-bond donors (Lipinski definition) is 2. The Bertz CT molecular complexity index is 565. The molecule has 9 nitrogen and oxygen atoms in total. The molecular formula is C28H70N2O7S. The molecule has 0 saturated heterocycles. The summed E-state index contributed by atoms with van der Waals surface area (Å²) in [6, 6.07) is 6.58. The standard InChI is InChI=1S/C13H20O4S.C5H14N2O.2CH2O.8CH4/c1-3-4-9-16-10-11-17-18(14,15)13-7-5-12(2)6-8-13;6-2-1-4-8-5-3-7;2*1-2;;;;;;;;/h5-8H,3-4,9-11H2,1-2H3;1-7H2;2*1H2;8*1H4. The van der Waals surface area contributed by atoms with Crippen molar-refractivity contribution in [3.05, 3.63) is 29.8 Å². The molecule has 0 fully saturated rings. The van der Waals surface area contributed by atoms with Crippen molar-refractivity contribution in [3.8, 4) is 0 Å². The van der Waals surface area contributed by atoms with E-state index < -0.39 is 10.1 Å². The van der Waals surface area contributed by atoms with Crippen LogP contribution in [0.3, 0.4) is 0 Å². The van der Waals surface area contributed by atoms with Crippen molar-refractivity contribution in [3.63, 3.8) is 0 Å². The minimum atomic E-state index is -3.65. The van der Waals surface area contributed by atoms with Crippen molar-refractivity contribution in [2.24, 2.45) is 11.5 Å².